The third-order valence-corrected chi connectivity index (χ3v) is 11.2. The van der Waals surface area contributed by atoms with Gasteiger partial charge in [0, 0.05) is 24.7 Å². The Labute approximate surface area is 270 Å². The van der Waals surface area contributed by atoms with Crippen molar-refractivity contribution < 1.29 is 24.5 Å². The fraction of sp³-hybridized carbons (Fsp3) is 0.528. The SMILES string of the molecule is C=C1CCC2[C@](C)(CC[C@@H](O)[C@@]2(C)CO)C1CC(NC(C)C(=O)CC1=NCC=N1)C1=C/C(=C\c2ccc3c(c2)ncn3C)OC1=O. The zero-order valence-electron chi connectivity index (χ0n) is 27.2. The molecule has 2 aliphatic carbocycles. The molecule has 10 nitrogen and oxygen atoms in total. The number of carbonyl (C=O) groups excluding carboxylic acids is 2. The van der Waals surface area contributed by atoms with Gasteiger partial charge in [0.05, 0.1) is 54.7 Å². The first-order valence-corrected chi connectivity index (χ1v) is 16.3. The number of nitrogens with zero attached hydrogens (tertiary/aromatic N) is 4. The number of ether oxygens (including phenoxy) is 1. The van der Waals surface area contributed by atoms with Crippen molar-refractivity contribution in [2.75, 3.05) is 13.2 Å². The van der Waals surface area contributed by atoms with Crippen LogP contribution in [0.25, 0.3) is 17.1 Å². The maximum Gasteiger partial charge on any atom is 0.341 e. The molecule has 0 spiro atoms. The molecular formula is C36H45N5O5. The lowest BCUT2D eigenvalue weighted by molar-refractivity contribution is -0.153. The molecular weight excluding hydrogens is 582 g/mol. The van der Waals surface area contributed by atoms with Gasteiger partial charge in [0.25, 0.3) is 0 Å². The molecule has 2 fully saturated rings. The van der Waals surface area contributed by atoms with Crippen molar-refractivity contribution in [2.24, 2.45) is 39.7 Å². The first-order chi connectivity index (χ1) is 21.9. The predicted molar refractivity (Wildman–Crippen MR) is 178 cm³/mol. The second-order valence-electron chi connectivity index (χ2n) is 14.1. The molecule has 4 unspecified atom stereocenters. The number of ketones is 1. The van der Waals surface area contributed by atoms with E-state index >= 15 is 0 Å². The number of cyclic esters (lactones) is 1. The molecule has 0 amide bonds. The van der Waals surface area contributed by atoms with Crippen LogP contribution in [0, 0.1) is 22.7 Å². The van der Waals surface area contributed by atoms with Gasteiger partial charge in [0.15, 0.2) is 5.78 Å². The fourth-order valence-corrected chi connectivity index (χ4v) is 8.42. The van der Waals surface area contributed by atoms with Gasteiger partial charge in [-0.15, -0.1) is 0 Å². The number of Topliss-reactive ketones (excluding diaryl/α,β-unsaturated/α-hetero) is 1. The van der Waals surface area contributed by atoms with Crippen molar-refractivity contribution in [1.82, 2.24) is 14.9 Å². The number of imidazole rings is 1. The van der Waals surface area contributed by atoms with Gasteiger partial charge in [0.2, 0.25) is 0 Å². The van der Waals surface area contributed by atoms with Crippen molar-refractivity contribution in [1.29, 1.82) is 0 Å². The molecule has 3 N–H and O–H groups in total. The highest BCUT2D eigenvalue weighted by molar-refractivity contribution is 6.07. The van der Waals surface area contributed by atoms with E-state index in [1.807, 2.05) is 49.7 Å². The lowest BCUT2D eigenvalue weighted by Crippen LogP contribution is -2.58. The van der Waals surface area contributed by atoms with Crippen LogP contribution in [0.1, 0.15) is 64.9 Å². The first-order valence-electron chi connectivity index (χ1n) is 16.3. The van der Waals surface area contributed by atoms with E-state index in [9.17, 15) is 19.8 Å². The Morgan fingerprint density at radius 1 is 1.30 bits per heavy atom. The molecule has 0 saturated heterocycles. The number of esters is 1. The molecule has 6 rings (SSSR count). The Morgan fingerprint density at radius 2 is 2.11 bits per heavy atom. The number of fused-ring (bicyclic) bond motifs is 2. The van der Waals surface area contributed by atoms with Gasteiger partial charge >= 0.3 is 5.97 Å². The number of aliphatic hydroxyl groups is 2. The Hall–Kier alpha value is -3.73. The standard InChI is InChI=1S/C36H45N5O5/c1-21-6-9-31-35(3,11-10-32(44)36(31,4)19-42)26(21)17-27(40-22(2)30(43)18-33-37-12-13-38-33)25-16-24(46-34(25)45)14-23-7-8-29-28(15-23)39-20-41(29)5/h7-8,12,14-16,20,22,26-27,31-32,40,42,44H,1,6,9-11,13,17-19H2,2-5H3/b24-14+/t22?,26?,27?,31?,32-,35-,36+/m1/s1. The maximum absolute atomic E-state index is 13.5. The highest BCUT2D eigenvalue weighted by atomic mass is 16.5. The number of allylic oxidation sites excluding steroid dienone is 2. The van der Waals surface area contributed by atoms with E-state index in [-0.39, 0.29) is 36.1 Å². The highest BCUT2D eigenvalue weighted by Crippen LogP contribution is 2.62. The lowest BCUT2D eigenvalue weighted by Gasteiger charge is -2.60. The lowest BCUT2D eigenvalue weighted by atomic mass is 9.46. The van der Waals surface area contributed by atoms with E-state index in [0.717, 1.165) is 41.4 Å². The number of amidine groups is 1. The predicted octanol–water partition coefficient (Wildman–Crippen LogP) is 4.32. The molecule has 3 heterocycles. The number of carbonyl (C=O) groups is 2. The zero-order chi connectivity index (χ0) is 32.8. The van der Waals surface area contributed by atoms with Gasteiger partial charge in [-0.25, -0.2) is 14.8 Å². The van der Waals surface area contributed by atoms with Crippen LogP contribution >= 0.6 is 0 Å². The number of aryl methyl sites for hydroxylation is 1. The van der Waals surface area contributed by atoms with Crippen LogP contribution in [-0.4, -0.2) is 74.9 Å². The van der Waals surface area contributed by atoms with Gasteiger partial charge in [-0.05, 0) is 86.1 Å². The molecule has 2 saturated carbocycles. The van der Waals surface area contributed by atoms with Crippen LogP contribution in [0.3, 0.4) is 0 Å². The Morgan fingerprint density at radius 3 is 2.85 bits per heavy atom. The van der Waals surface area contributed by atoms with Crippen molar-refractivity contribution in [2.45, 2.75) is 77.5 Å². The molecule has 0 radical (unpaired) electrons. The second-order valence-corrected chi connectivity index (χ2v) is 14.1. The zero-order valence-corrected chi connectivity index (χ0v) is 27.2. The third-order valence-electron chi connectivity index (χ3n) is 11.2. The van der Waals surface area contributed by atoms with Gasteiger partial charge in [-0.1, -0.05) is 32.1 Å². The minimum atomic E-state index is -0.628. The largest absolute Gasteiger partial charge is 0.423 e. The summed E-state index contributed by atoms with van der Waals surface area (Å²) in [6, 6.07) is 4.82. The minimum Gasteiger partial charge on any atom is -0.423 e. The number of nitrogens with one attached hydrogen (secondary N) is 1. The third kappa shape index (κ3) is 5.82. The summed E-state index contributed by atoms with van der Waals surface area (Å²) in [5.74, 6) is 0.495. The maximum atomic E-state index is 13.5. The number of hydrogen-bond donors (Lipinski definition) is 3. The number of aliphatic imine (C=N–C) groups is 2. The molecule has 2 aromatic rings. The van der Waals surface area contributed by atoms with E-state index < -0.39 is 29.6 Å². The summed E-state index contributed by atoms with van der Waals surface area (Å²) in [5.41, 5.74) is 3.38. The van der Waals surface area contributed by atoms with Crippen molar-refractivity contribution >= 4 is 40.9 Å². The number of hydrogen-bond acceptors (Lipinski definition) is 9. The summed E-state index contributed by atoms with van der Waals surface area (Å²) in [4.78, 5) is 39.8. The van der Waals surface area contributed by atoms with E-state index in [1.54, 1.807) is 18.6 Å². The van der Waals surface area contributed by atoms with Gasteiger partial charge in [-0.3, -0.25) is 9.79 Å². The summed E-state index contributed by atoms with van der Waals surface area (Å²) >= 11 is 0. The van der Waals surface area contributed by atoms with Crippen LogP contribution < -0.4 is 5.32 Å². The normalized spacial score (nSPS) is 31.5. The quantitative estimate of drug-likeness (QED) is 0.264. The van der Waals surface area contributed by atoms with Gasteiger partial charge in [0.1, 0.15) is 11.6 Å². The van der Waals surface area contributed by atoms with Crippen LogP contribution in [0.2, 0.25) is 0 Å². The van der Waals surface area contributed by atoms with Crippen LogP contribution in [0.5, 0.6) is 0 Å². The molecule has 244 valence electrons. The number of rotatable bonds is 10. The molecule has 0 bridgehead atoms. The van der Waals surface area contributed by atoms with Crippen LogP contribution in [0.4, 0.5) is 0 Å². The summed E-state index contributed by atoms with van der Waals surface area (Å²) in [6.45, 7) is 10.9. The first kappa shape index (κ1) is 32.2. The summed E-state index contributed by atoms with van der Waals surface area (Å²) in [7, 11) is 1.94. The molecule has 7 atom stereocenters. The van der Waals surface area contributed by atoms with E-state index in [2.05, 4.69) is 33.8 Å². The van der Waals surface area contributed by atoms with Crippen molar-refractivity contribution in [3.05, 3.63) is 59.7 Å². The smallest absolute Gasteiger partial charge is 0.341 e. The molecule has 1 aromatic carbocycles. The Kier molecular flexibility index (Phi) is 8.73. The summed E-state index contributed by atoms with van der Waals surface area (Å²) < 4.78 is 7.74. The second kappa shape index (κ2) is 12.5. The van der Waals surface area contributed by atoms with E-state index in [4.69, 9.17) is 4.74 Å². The van der Waals surface area contributed by atoms with Crippen molar-refractivity contribution in [3.8, 4) is 0 Å². The molecule has 10 heteroatoms. The van der Waals surface area contributed by atoms with E-state index in [1.165, 1.54) is 0 Å². The highest BCUT2D eigenvalue weighted by Gasteiger charge is 2.58. The van der Waals surface area contributed by atoms with Gasteiger partial charge in [-0.2, -0.15) is 0 Å². The fourth-order valence-electron chi connectivity index (χ4n) is 8.42. The molecule has 1 aromatic heterocycles. The monoisotopic (exact) mass is 627 g/mol. The van der Waals surface area contributed by atoms with Crippen LogP contribution in [0.15, 0.2) is 64.1 Å². The average Bonchev–Trinajstić information content (AvgIpc) is 3.77. The number of aliphatic hydroxyl groups excluding tert-OH is 2. The Balaban J connectivity index is 1.32. The average molecular weight is 628 g/mol. The topological polar surface area (TPSA) is 138 Å². The van der Waals surface area contributed by atoms with Crippen molar-refractivity contribution in [3.63, 3.8) is 0 Å². The van der Waals surface area contributed by atoms with Gasteiger partial charge < -0.3 is 24.8 Å². The molecule has 2 aliphatic heterocycles. The summed E-state index contributed by atoms with van der Waals surface area (Å²) in [6.07, 6.45) is 10.1. The van der Waals surface area contributed by atoms with E-state index in [0.29, 0.717) is 36.6 Å². The molecule has 4 aliphatic rings. The number of benzene rings is 1. The number of aromatic nitrogens is 2. The minimum absolute atomic E-state index is 0.0125. The molecule has 46 heavy (non-hydrogen) atoms. The van der Waals surface area contributed by atoms with Crippen LogP contribution in [-0.2, 0) is 21.4 Å². The summed E-state index contributed by atoms with van der Waals surface area (Å²) in [5, 5.41) is 25.0. The Bertz CT molecular complexity index is 1690.